The normalized spacial score (nSPS) is 11.2. The van der Waals surface area contributed by atoms with Crippen molar-refractivity contribution < 1.29 is 9.72 Å². The third-order valence-corrected chi connectivity index (χ3v) is 2.13. The fraction of sp³-hybridized carbons (Fsp3) is 0.182. The lowest BCUT2D eigenvalue weighted by Gasteiger charge is -1.99. The number of ketones is 1. The Bertz CT molecular complexity index is 418. The van der Waals surface area contributed by atoms with E-state index in [4.69, 9.17) is 0 Å². The van der Waals surface area contributed by atoms with Crippen LogP contribution in [0.2, 0.25) is 0 Å². The van der Waals surface area contributed by atoms with E-state index < -0.39 is 4.92 Å². The molecule has 0 unspecified atom stereocenters. The van der Waals surface area contributed by atoms with Crippen LogP contribution in [0.5, 0.6) is 0 Å². The van der Waals surface area contributed by atoms with Crippen molar-refractivity contribution >= 4 is 11.5 Å². The van der Waals surface area contributed by atoms with Crippen molar-refractivity contribution in [1.82, 2.24) is 0 Å². The van der Waals surface area contributed by atoms with Crippen LogP contribution >= 0.6 is 0 Å². The standard InChI is InChI=1S/C11H11NO3/c1-3-8(2)11(13)9-4-6-10(7-5-9)12(14)15/h3-7H,1-2H3/b8-3+. The number of nitrogens with zero attached hydrogens (tertiary/aromatic N) is 1. The zero-order valence-corrected chi connectivity index (χ0v) is 8.56. The molecule has 1 rings (SSSR count). The van der Waals surface area contributed by atoms with Crippen molar-refractivity contribution in [2.45, 2.75) is 13.8 Å². The van der Waals surface area contributed by atoms with Gasteiger partial charge in [0, 0.05) is 17.7 Å². The zero-order valence-electron chi connectivity index (χ0n) is 8.56. The first-order valence-corrected chi connectivity index (χ1v) is 4.48. The highest BCUT2D eigenvalue weighted by Crippen LogP contribution is 2.14. The zero-order chi connectivity index (χ0) is 11.4. The summed E-state index contributed by atoms with van der Waals surface area (Å²) in [6.07, 6.45) is 1.71. The van der Waals surface area contributed by atoms with Gasteiger partial charge in [0.05, 0.1) is 4.92 Å². The molecular weight excluding hydrogens is 194 g/mol. The monoisotopic (exact) mass is 205 g/mol. The Kier molecular flexibility index (Phi) is 3.33. The first-order valence-electron chi connectivity index (χ1n) is 4.48. The molecule has 0 fully saturated rings. The van der Waals surface area contributed by atoms with Gasteiger partial charge < -0.3 is 0 Å². The van der Waals surface area contributed by atoms with Crippen LogP contribution < -0.4 is 0 Å². The molecule has 0 aromatic heterocycles. The minimum absolute atomic E-state index is 0.00955. The third kappa shape index (κ3) is 2.49. The third-order valence-electron chi connectivity index (χ3n) is 2.13. The van der Waals surface area contributed by atoms with Crippen molar-refractivity contribution in [2.75, 3.05) is 0 Å². The van der Waals surface area contributed by atoms with E-state index in [2.05, 4.69) is 0 Å². The fourth-order valence-corrected chi connectivity index (χ4v) is 1.09. The minimum Gasteiger partial charge on any atom is -0.289 e. The van der Waals surface area contributed by atoms with Gasteiger partial charge in [0.25, 0.3) is 5.69 Å². The molecule has 0 saturated carbocycles. The first kappa shape index (κ1) is 11.1. The van der Waals surface area contributed by atoms with Crippen LogP contribution in [-0.2, 0) is 0 Å². The van der Waals surface area contributed by atoms with Crippen LogP contribution in [0.25, 0.3) is 0 Å². The highest BCUT2D eigenvalue weighted by molar-refractivity contribution is 6.08. The number of rotatable bonds is 3. The number of non-ortho nitro benzene ring substituents is 1. The van der Waals surface area contributed by atoms with Gasteiger partial charge in [-0.05, 0) is 31.6 Å². The number of carbonyl (C=O) groups is 1. The lowest BCUT2D eigenvalue weighted by atomic mass is 10.0. The molecule has 78 valence electrons. The summed E-state index contributed by atoms with van der Waals surface area (Å²) in [4.78, 5) is 21.5. The van der Waals surface area contributed by atoms with Gasteiger partial charge >= 0.3 is 0 Å². The predicted octanol–water partition coefficient (Wildman–Crippen LogP) is 2.74. The van der Waals surface area contributed by atoms with Crippen LogP contribution in [0.1, 0.15) is 24.2 Å². The average Bonchev–Trinajstić information content (AvgIpc) is 2.27. The summed E-state index contributed by atoms with van der Waals surface area (Å²) in [7, 11) is 0. The molecule has 4 heteroatoms. The molecule has 0 bridgehead atoms. The van der Waals surface area contributed by atoms with E-state index in [1.165, 1.54) is 24.3 Å². The average molecular weight is 205 g/mol. The van der Waals surface area contributed by atoms with Gasteiger partial charge in [-0.3, -0.25) is 14.9 Å². The first-order chi connectivity index (χ1) is 7.06. The van der Waals surface area contributed by atoms with Crippen LogP contribution in [-0.4, -0.2) is 10.7 Å². The number of nitro benzene ring substituents is 1. The second-order valence-electron chi connectivity index (χ2n) is 3.10. The summed E-state index contributed by atoms with van der Waals surface area (Å²) in [6, 6.07) is 5.59. The van der Waals surface area contributed by atoms with Crippen molar-refractivity contribution in [3.63, 3.8) is 0 Å². The van der Waals surface area contributed by atoms with E-state index in [1.807, 2.05) is 0 Å². The Labute approximate surface area is 87.4 Å². The van der Waals surface area contributed by atoms with Crippen LogP contribution in [0.4, 0.5) is 5.69 Å². The summed E-state index contributed by atoms with van der Waals surface area (Å²) < 4.78 is 0. The van der Waals surface area contributed by atoms with Gasteiger partial charge in [0.2, 0.25) is 0 Å². The van der Waals surface area contributed by atoms with Gasteiger partial charge in [0.15, 0.2) is 5.78 Å². The van der Waals surface area contributed by atoms with Crippen LogP contribution in [0.3, 0.4) is 0 Å². The van der Waals surface area contributed by atoms with E-state index in [0.29, 0.717) is 11.1 Å². The topological polar surface area (TPSA) is 60.2 Å². The van der Waals surface area contributed by atoms with E-state index in [0.717, 1.165) is 0 Å². The second kappa shape index (κ2) is 4.50. The summed E-state index contributed by atoms with van der Waals surface area (Å²) in [5.74, 6) is -0.104. The fourth-order valence-electron chi connectivity index (χ4n) is 1.09. The van der Waals surface area contributed by atoms with E-state index in [9.17, 15) is 14.9 Å². The summed E-state index contributed by atoms with van der Waals surface area (Å²) in [5.41, 5.74) is 1.09. The lowest BCUT2D eigenvalue weighted by molar-refractivity contribution is -0.384. The molecule has 0 aliphatic heterocycles. The van der Waals surface area contributed by atoms with Crippen molar-refractivity contribution in [3.05, 3.63) is 51.6 Å². The molecule has 4 nitrogen and oxygen atoms in total. The lowest BCUT2D eigenvalue weighted by Crippen LogP contribution is -2.00. The molecular formula is C11H11NO3. The Balaban J connectivity index is 2.99. The number of Topliss-reactive ketones (excluding diaryl/α,β-unsaturated/α-hetero) is 1. The quantitative estimate of drug-likeness (QED) is 0.330. The Morgan fingerprint density at radius 3 is 2.27 bits per heavy atom. The predicted molar refractivity (Wildman–Crippen MR) is 56.9 cm³/mol. The van der Waals surface area contributed by atoms with E-state index in [-0.39, 0.29) is 11.5 Å². The number of allylic oxidation sites excluding steroid dienone is 2. The molecule has 0 aliphatic rings. The van der Waals surface area contributed by atoms with E-state index >= 15 is 0 Å². The van der Waals surface area contributed by atoms with Gasteiger partial charge in [-0.15, -0.1) is 0 Å². The van der Waals surface area contributed by atoms with Crippen molar-refractivity contribution in [1.29, 1.82) is 0 Å². The maximum Gasteiger partial charge on any atom is 0.269 e. The number of nitro groups is 1. The number of hydrogen-bond acceptors (Lipinski definition) is 3. The summed E-state index contributed by atoms with van der Waals surface area (Å²) >= 11 is 0. The molecule has 15 heavy (non-hydrogen) atoms. The van der Waals surface area contributed by atoms with Crippen molar-refractivity contribution in [3.8, 4) is 0 Å². The highest BCUT2D eigenvalue weighted by Gasteiger charge is 2.09. The second-order valence-corrected chi connectivity index (χ2v) is 3.10. The van der Waals surface area contributed by atoms with Gasteiger partial charge in [-0.2, -0.15) is 0 Å². The van der Waals surface area contributed by atoms with Gasteiger partial charge in [-0.25, -0.2) is 0 Å². The van der Waals surface area contributed by atoms with Gasteiger partial charge in [0.1, 0.15) is 0 Å². The van der Waals surface area contributed by atoms with Crippen molar-refractivity contribution in [2.24, 2.45) is 0 Å². The maximum atomic E-state index is 11.6. The molecule has 0 saturated heterocycles. The summed E-state index contributed by atoms with van der Waals surface area (Å²) in [5, 5.41) is 10.4. The van der Waals surface area contributed by atoms with Gasteiger partial charge in [-0.1, -0.05) is 6.08 Å². The Hall–Kier alpha value is -1.97. The molecule has 1 aromatic rings. The molecule has 1 aromatic carbocycles. The number of hydrogen-bond donors (Lipinski definition) is 0. The van der Waals surface area contributed by atoms with E-state index in [1.54, 1.807) is 19.9 Å². The SMILES string of the molecule is C/C=C(\C)C(=O)c1ccc([N+](=O)[O-])cc1. The molecule has 0 radical (unpaired) electrons. The molecule has 0 atom stereocenters. The largest absolute Gasteiger partial charge is 0.289 e. The molecule has 0 heterocycles. The smallest absolute Gasteiger partial charge is 0.269 e. The number of carbonyl (C=O) groups excluding carboxylic acids is 1. The van der Waals surface area contributed by atoms with Crippen LogP contribution in [0, 0.1) is 10.1 Å². The minimum atomic E-state index is -0.489. The highest BCUT2D eigenvalue weighted by atomic mass is 16.6. The molecule has 0 N–H and O–H groups in total. The molecule has 0 aliphatic carbocycles. The number of benzene rings is 1. The summed E-state index contributed by atoms with van der Waals surface area (Å²) in [6.45, 7) is 3.49. The molecule has 0 amide bonds. The maximum absolute atomic E-state index is 11.6. The van der Waals surface area contributed by atoms with Crippen LogP contribution in [0.15, 0.2) is 35.9 Å². The Morgan fingerprint density at radius 1 is 1.33 bits per heavy atom. The Morgan fingerprint density at radius 2 is 1.87 bits per heavy atom. The molecule has 0 spiro atoms.